The van der Waals surface area contributed by atoms with Crippen molar-refractivity contribution >= 4 is 25.3 Å². The van der Waals surface area contributed by atoms with Gasteiger partial charge in [0, 0.05) is 12.3 Å². The summed E-state index contributed by atoms with van der Waals surface area (Å²) < 4.78 is 37.1. The Hall–Kier alpha value is -2.47. The van der Waals surface area contributed by atoms with Gasteiger partial charge < -0.3 is 19.1 Å². The Morgan fingerprint density at radius 1 is 1.29 bits per heavy atom. The topological polar surface area (TPSA) is 158 Å². The molecule has 1 fully saturated rings. The molecule has 38 heavy (non-hydrogen) atoms. The summed E-state index contributed by atoms with van der Waals surface area (Å²) in [6.07, 6.45) is -2.53. The summed E-state index contributed by atoms with van der Waals surface area (Å²) in [5.74, 6) is -0.463. The number of H-pyrrole nitrogens is 1. The standard InChI is InChI=1S/C24H33ClN3O9P/c1-15(20(31)34-14-23(2,3)4)27-38(33,37-16-9-7-6-8-10-16)35-13-17-19(30)24(5,25)21(36-17)28-12-11-18(29)26-22(28)32/h6-12,15,17,19,21,30H,13-14H2,1-5H3,(H,27,33)(H,26,29,32)/t15-,17-,19-,21-,24-,38+/m1/s1. The van der Waals surface area contributed by atoms with E-state index in [1.54, 1.807) is 30.3 Å². The van der Waals surface area contributed by atoms with Gasteiger partial charge in [-0.1, -0.05) is 39.0 Å². The molecule has 0 unspecified atom stereocenters. The number of rotatable bonds is 10. The average molecular weight is 574 g/mol. The number of carbonyl (C=O) groups excluding carboxylic acids is 1. The molecule has 1 aliphatic rings. The summed E-state index contributed by atoms with van der Waals surface area (Å²) in [6, 6.07) is 8.20. The van der Waals surface area contributed by atoms with Gasteiger partial charge in [-0.2, -0.15) is 5.09 Å². The molecule has 6 atom stereocenters. The number of para-hydroxylation sites is 1. The maximum Gasteiger partial charge on any atom is 0.459 e. The number of hydrogen-bond acceptors (Lipinski definition) is 9. The van der Waals surface area contributed by atoms with Crippen molar-refractivity contribution in [2.24, 2.45) is 5.41 Å². The SMILES string of the molecule is C[C@@H](N[P@](=O)(OC[C@H]1O[C@@H](n2ccc(=O)[nH]c2=O)[C@](C)(Cl)[C@@H]1O)Oc1ccccc1)C(=O)OCC(C)(C)C. The van der Waals surface area contributed by atoms with Crippen LogP contribution in [0.25, 0.3) is 0 Å². The summed E-state index contributed by atoms with van der Waals surface area (Å²) in [5.41, 5.74) is -1.67. The number of alkyl halides is 1. The zero-order valence-electron chi connectivity index (χ0n) is 21.8. The normalized spacial score (nSPS) is 25.9. The summed E-state index contributed by atoms with van der Waals surface area (Å²) in [5, 5.41) is 13.4. The number of ether oxygens (including phenoxy) is 2. The molecule has 2 heterocycles. The molecule has 0 spiro atoms. The number of esters is 1. The van der Waals surface area contributed by atoms with E-state index >= 15 is 0 Å². The molecule has 3 rings (SSSR count). The van der Waals surface area contributed by atoms with Crippen LogP contribution in [0, 0.1) is 5.41 Å². The zero-order valence-corrected chi connectivity index (χ0v) is 23.4. The minimum Gasteiger partial charge on any atom is -0.464 e. The highest BCUT2D eigenvalue weighted by Gasteiger charge is 2.54. The predicted molar refractivity (Wildman–Crippen MR) is 139 cm³/mol. The average Bonchev–Trinajstić information content (AvgIpc) is 3.04. The number of aliphatic hydroxyl groups excluding tert-OH is 1. The molecule has 2 aromatic rings. The van der Waals surface area contributed by atoms with Gasteiger partial charge in [-0.15, -0.1) is 11.6 Å². The van der Waals surface area contributed by atoms with Crippen LogP contribution in [0.2, 0.25) is 0 Å². The van der Waals surface area contributed by atoms with Crippen molar-refractivity contribution < 1.29 is 33.0 Å². The van der Waals surface area contributed by atoms with Crippen LogP contribution in [0.3, 0.4) is 0 Å². The van der Waals surface area contributed by atoms with E-state index in [9.17, 15) is 24.1 Å². The quantitative estimate of drug-likeness (QED) is 0.219. The van der Waals surface area contributed by atoms with E-state index in [0.29, 0.717) is 0 Å². The fourth-order valence-electron chi connectivity index (χ4n) is 3.55. The molecule has 0 bridgehead atoms. The molecule has 1 aliphatic heterocycles. The smallest absolute Gasteiger partial charge is 0.459 e. The lowest BCUT2D eigenvalue weighted by Crippen LogP contribution is -2.43. The number of halogens is 1. The molecule has 14 heteroatoms. The zero-order chi connectivity index (χ0) is 28.3. The van der Waals surface area contributed by atoms with Crippen LogP contribution in [-0.2, 0) is 23.4 Å². The molecule has 0 aliphatic carbocycles. The second kappa shape index (κ2) is 11.7. The second-order valence-electron chi connectivity index (χ2n) is 10.4. The van der Waals surface area contributed by atoms with E-state index in [4.69, 9.17) is 30.1 Å². The van der Waals surface area contributed by atoms with Crippen LogP contribution in [0.1, 0.15) is 40.8 Å². The van der Waals surface area contributed by atoms with E-state index in [0.717, 1.165) is 10.6 Å². The van der Waals surface area contributed by atoms with Crippen molar-refractivity contribution in [3.8, 4) is 5.75 Å². The molecule has 210 valence electrons. The number of aromatic nitrogens is 2. The first-order chi connectivity index (χ1) is 17.6. The number of carbonyl (C=O) groups is 1. The van der Waals surface area contributed by atoms with Crippen LogP contribution in [0.5, 0.6) is 5.75 Å². The molecule has 0 amide bonds. The predicted octanol–water partition coefficient (Wildman–Crippen LogP) is 2.56. The number of nitrogens with zero attached hydrogens (tertiary/aromatic N) is 1. The van der Waals surface area contributed by atoms with Gasteiger partial charge in [0.2, 0.25) is 0 Å². The van der Waals surface area contributed by atoms with Crippen molar-refractivity contribution in [3.05, 3.63) is 63.4 Å². The third kappa shape index (κ3) is 7.56. The van der Waals surface area contributed by atoms with Gasteiger partial charge >= 0.3 is 19.4 Å². The third-order valence-electron chi connectivity index (χ3n) is 5.55. The third-order valence-corrected chi connectivity index (χ3v) is 7.61. The van der Waals surface area contributed by atoms with E-state index in [2.05, 4.69) is 10.1 Å². The van der Waals surface area contributed by atoms with Crippen LogP contribution in [0.15, 0.2) is 52.2 Å². The lowest BCUT2D eigenvalue weighted by atomic mass is 9.99. The van der Waals surface area contributed by atoms with Crippen molar-refractivity contribution in [1.82, 2.24) is 14.6 Å². The fourth-order valence-corrected chi connectivity index (χ4v) is 5.35. The van der Waals surface area contributed by atoms with Crippen molar-refractivity contribution in [3.63, 3.8) is 0 Å². The molecule has 1 aromatic heterocycles. The first-order valence-electron chi connectivity index (χ1n) is 11.9. The first kappa shape index (κ1) is 30.1. The molecule has 0 radical (unpaired) electrons. The molecular formula is C24H33ClN3O9P. The number of aromatic amines is 1. The van der Waals surface area contributed by atoms with Gasteiger partial charge in [0.25, 0.3) is 5.56 Å². The van der Waals surface area contributed by atoms with Gasteiger partial charge in [-0.25, -0.2) is 9.36 Å². The van der Waals surface area contributed by atoms with E-state index in [-0.39, 0.29) is 17.8 Å². The lowest BCUT2D eigenvalue weighted by molar-refractivity contribution is -0.148. The van der Waals surface area contributed by atoms with Gasteiger partial charge in [-0.3, -0.25) is 23.7 Å². The van der Waals surface area contributed by atoms with Crippen molar-refractivity contribution in [1.29, 1.82) is 0 Å². The summed E-state index contributed by atoms with van der Waals surface area (Å²) in [6.45, 7) is 8.26. The lowest BCUT2D eigenvalue weighted by Gasteiger charge is -2.26. The first-order valence-corrected chi connectivity index (χ1v) is 13.8. The number of benzene rings is 1. The Kier molecular flexibility index (Phi) is 9.28. The highest BCUT2D eigenvalue weighted by Crippen LogP contribution is 2.48. The van der Waals surface area contributed by atoms with Crippen LogP contribution in [-0.4, -0.2) is 57.0 Å². The number of nitrogens with one attached hydrogen (secondary N) is 2. The van der Waals surface area contributed by atoms with Crippen LogP contribution < -0.4 is 20.9 Å². The van der Waals surface area contributed by atoms with Gasteiger partial charge in [0.1, 0.15) is 28.9 Å². The molecular weight excluding hydrogens is 541 g/mol. The maximum absolute atomic E-state index is 13.7. The van der Waals surface area contributed by atoms with Crippen molar-refractivity contribution in [2.45, 2.75) is 64.0 Å². The Morgan fingerprint density at radius 2 is 1.95 bits per heavy atom. The van der Waals surface area contributed by atoms with Gasteiger partial charge in [0.05, 0.1) is 13.2 Å². The van der Waals surface area contributed by atoms with Gasteiger partial charge in [-0.05, 0) is 31.4 Å². The highest BCUT2D eigenvalue weighted by molar-refractivity contribution is 7.52. The minimum absolute atomic E-state index is 0.143. The van der Waals surface area contributed by atoms with E-state index in [1.165, 1.54) is 20.0 Å². The molecule has 0 saturated carbocycles. The van der Waals surface area contributed by atoms with Crippen LogP contribution in [0.4, 0.5) is 0 Å². The van der Waals surface area contributed by atoms with Gasteiger partial charge in [0.15, 0.2) is 6.23 Å². The number of hydrogen-bond donors (Lipinski definition) is 3. The summed E-state index contributed by atoms with van der Waals surface area (Å²) in [7, 11) is -4.25. The Balaban J connectivity index is 1.78. The Bertz CT molecular complexity index is 1280. The second-order valence-corrected chi connectivity index (χ2v) is 12.9. The molecule has 3 N–H and O–H groups in total. The largest absolute Gasteiger partial charge is 0.464 e. The summed E-state index contributed by atoms with van der Waals surface area (Å²) in [4.78, 5) is 36.8. The van der Waals surface area contributed by atoms with E-state index in [1.807, 2.05) is 20.8 Å². The van der Waals surface area contributed by atoms with Crippen LogP contribution >= 0.6 is 19.3 Å². The van der Waals surface area contributed by atoms with E-state index < -0.39 is 60.9 Å². The molecule has 12 nitrogen and oxygen atoms in total. The Labute approximate surface area is 224 Å². The Morgan fingerprint density at radius 3 is 2.55 bits per heavy atom. The van der Waals surface area contributed by atoms with Crippen molar-refractivity contribution in [2.75, 3.05) is 13.2 Å². The minimum atomic E-state index is -4.25. The maximum atomic E-state index is 13.7. The highest BCUT2D eigenvalue weighted by atomic mass is 35.5. The summed E-state index contributed by atoms with van der Waals surface area (Å²) >= 11 is 6.54. The molecule has 1 aromatic carbocycles. The fraction of sp³-hybridized carbons (Fsp3) is 0.542. The number of aliphatic hydroxyl groups is 1. The molecule has 1 saturated heterocycles. The monoisotopic (exact) mass is 573 g/mol.